The molecule has 0 aliphatic rings. The van der Waals surface area contributed by atoms with Crippen molar-refractivity contribution in [3.63, 3.8) is 0 Å². The maximum absolute atomic E-state index is 13.0. The molecule has 2 aromatic carbocycles. The van der Waals surface area contributed by atoms with Crippen LogP contribution in [0.3, 0.4) is 0 Å². The molecule has 1 aromatic heterocycles. The Morgan fingerprint density at radius 3 is 2.07 bits per heavy atom. The largest absolute Gasteiger partial charge is 0.493 e. The van der Waals surface area contributed by atoms with E-state index in [1.807, 2.05) is 48.5 Å². The van der Waals surface area contributed by atoms with E-state index in [1.165, 1.54) is 21.3 Å². The van der Waals surface area contributed by atoms with E-state index in [2.05, 4.69) is 10.3 Å². The van der Waals surface area contributed by atoms with Crippen LogP contribution in [0.1, 0.15) is 27.7 Å². The summed E-state index contributed by atoms with van der Waals surface area (Å²) in [7, 11) is 4.55. The van der Waals surface area contributed by atoms with Gasteiger partial charge in [0.25, 0.3) is 5.91 Å². The third-order valence-electron chi connectivity index (χ3n) is 4.32. The second-order valence-electron chi connectivity index (χ2n) is 5.99. The molecule has 28 heavy (non-hydrogen) atoms. The van der Waals surface area contributed by atoms with Gasteiger partial charge in [-0.05, 0) is 29.8 Å². The number of ether oxygens (including phenoxy) is 3. The van der Waals surface area contributed by atoms with Crippen LogP contribution in [0.4, 0.5) is 0 Å². The maximum Gasteiger partial charge on any atom is 0.252 e. The highest BCUT2D eigenvalue weighted by Gasteiger charge is 2.21. The van der Waals surface area contributed by atoms with E-state index >= 15 is 0 Å². The monoisotopic (exact) mass is 378 g/mol. The second kappa shape index (κ2) is 8.90. The van der Waals surface area contributed by atoms with Gasteiger partial charge in [-0.1, -0.05) is 36.4 Å². The van der Waals surface area contributed by atoms with Gasteiger partial charge in [-0.2, -0.15) is 0 Å². The first-order valence-electron chi connectivity index (χ1n) is 8.74. The van der Waals surface area contributed by atoms with Crippen molar-refractivity contribution in [2.24, 2.45) is 0 Å². The molecule has 0 saturated heterocycles. The predicted molar refractivity (Wildman–Crippen MR) is 106 cm³/mol. The van der Waals surface area contributed by atoms with Crippen LogP contribution < -0.4 is 19.5 Å². The Bertz CT molecular complexity index is 865. The molecule has 3 rings (SSSR count). The molecule has 3 aromatic rings. The van der Waals surface area contributed by atoms with Gasteiger partial charge in [0.05, 0.1) is 33.1 Å². The molecule has 0 radical (unpaired) electrons. The Hall–Kier alpha value is -3.54. The minimum atomic E-state index is -0.394. The SMILES string of the molecule is COc1cc(C(=O)N[C@@H](c2ccccc2)c2ccccn2)cc(OC)c1OC. The average molecular weight is 378 g/mol. The zero-order valence-corrected chi connectivity index (χ0v) is 16.0. The van der Waals surface area contributed by atoms with Gasteiger partial charge in [-0.3, -0.25) is 9.78 Å². The number of hydrogen-bond acceptors (Lipinski definition) is 5. The van der Waals surface area contributed by atoms with Crippen LogP contribution in [-0.4, -0.2) is 32.2 Å². The van der Waals surface area contributed by atoms with E-state index in [0.717, 1.165) is 11.3 Å². The number of nitrogens with one attached hydrogen (secondary N) is 1. The molecule has 1 N–H and O–H groups in total. The smallest absolute Gasteiger partial charge is 0.252 e. The Morgan fingerprint density at radius 1 is 0.893 bits per heavy atom. The minimum absolute atomic E-state index is 0.279. The predicted octanol–water partition coefficient (Wildman–Crippen LogP) is 3.63. The highest BCUT2D eigenvalue weighted by molar-refractivity contribution is 5.96. The zero-order chi connectivity index (χ0) is 19.9. The van der Waals surface area contributed by atoms with E-state index in [-0.39, 0.29) is 5.91 Å². The summed E-state index contributed by atoms with van der Waals surface area (Å²) in [5, 5.41) is 3.05. The van der Waals surface area contributed by atoms with Crippen molar-refractivity contribution in [2.75, 3.05) is 21.3 Å². The summed E-state index contributed by atoms with van der Waals surface area (Å²) in [6.45, 7) is 0. The summed E-state index contributed by atoms with van der Waals surface area (Å²) in [5.74, 6) is 0.992. The number of nitrogens with zero attached hydrogens (tertiary/aromatic N) is 1. The lowest BCUT2D eigenvalue weighted by atomic mass is 10.0. The molecule has 1 amide bonds. The van der Waals surface area contributed by atoms with E-state index in [4.69, 9.17) is 14.2 Å². The molecule has 0 aliphatic heterocycles. The topological polar surface area (TPSA) is 69.7 Å². The molecule has 6 heteroatoms. The fourth-order valence-electron chi connectivity index (χ4n) is 2.95. The number of amides is 1. The van der Waals surface area contributed by atoms with E-state index in [9.17, 15) is 4.79 Å². The molecule has 0 aliphatic carbocycles. The van der Waals surface area contributed by atoms with Gasteiger partial charge < -0.3 is 19.5 Å². The molecule has 0 saturated carbocycles. The van der Waals surface area contributed by atoms with Crippen LogP contribution in [0.5, 0.6) is 17.2 Å². The Morgan fingerprint density at radius 2 is 1.54 bits per heavy atom. The van der Waals surface area contributed by atoms with Crippen molar-refractivity contribution in [1.82, 2.24) is 10.3 Å². The van der Waals surface area contributed by atoms with Gasteiger partial charge in [-0.25, -0.2) is 0 Å². The Labute approximate surface area is 164 Å². The van der Waals surface area contributed by atoms with Crippen molar-refractivity contribution >= 4 is 5.91 Å². The molecule has 0 unspecified atom stereocenters. The van der Waals surface area contributed by atoms with E-state index in [0.29, 0.717) is 22.8 Å². The molecule has 0 bridgehead atoms. The molecule has 144 valence electrons. The molecule has 1 atom stereocenters. The number of aromatic nitrogens is 1. The first-order valence-corrected chi connectivity index (χ1v) is 8.74. The summed E-state index contributed by atoms with van der Waals surface area (Å²) < 4.78 is 16.0. The minimum Gasteiger partial charge on any atom is -0.493 e. The third kappa shape index (κ3) is 4.06. The first-order chi connectivity index (χ1) is 13.7. The summed E-state index contributed by atoms with van der Waals surface area (Å²) in [6, 6.07) is 18.2. The van der Waals surface area contributed by atoms with Crippen LogP contribution in [-0.2, 0) is 0 Å². The summed E-state index contributed by atoms with van der Waals surface area (Å²) in [5.41, 5.74) is 2.07. The number of carbonyl (C=O) groups excluding carboxylic acids is 1. The molecular weight excluding hydrogens is 356 g/mol. The number of methoxy groups -OCH3 is 3. The molecule has 6 nitrogen and oxygen atoms in total. The Kier molecular flexibility index (Phi) is 6.11. The van der Waals surface area contributed by atoms with Crippen LogP contribution >= 0.6 is 0 Å². The van der Waals surface area contributed by atoms with Gasteiger partial charge in [0, 0.05) is 11.8 Å². The third-order valence-corrected chi connectivity index (χ3v) is 4.32. The quantitative estimate of drug-likeness (QED) is 0.680. The summed E-state index contributed by atoms with van der Waals surface area (Å²) >= 11 is 0. The van der Waals surface area contributed by atoms with Crippen molar-refractivity contribution in [3.05, 3.63) is 83.7 Å². The number of rotatable bonds is 7. The van der Waals surface area contributed by atoms with Crippen molar-refractivity contribution in [3.8, 4) is 17.2 Å². The fraction of sp³-hybridized carbons (Fsp3) is 0.182. The summed E-state index contributed by atoms with van der Waals surface area (Å²) in [6.07, 6.45) is 1.71. The normalized spacial score (nSPS) is 11.4. The number of benzene rings is 2. The van der Waals surface area contributed by atoms with Gasteiger partial charge >= 0.3 is 0 Å². The molecule has 0 fully saturated rings. The van der Waals surface area contributed by atoms with Gasteiger partial charge in [0.15, 0.2) is 11.5 Å². The van der Waals surface area contributed by atoms with Crippen molar-refractivity contribution in [2.45, 2.75) is 6.04 Å². The zero-order valence-electron chi connectivity index (χ0n) is 16.0. The second-order valence-corrected chi connectivity index (χ2v) is 5.99. The van der Waals surface area contributed by atoms with Gasteiger partial charge in [0.1, 0.15) is 0 Å². The Balaban J connectivity index is 1.97. The molecule has 1 heterocycles. The van der Waals surface area contributed by atoms with Crippen molar-refractivity contribution < 1.29 is 19.0 Å². The average Bonchev–Trinajstić information content (AvgIpc) is 2.77. The van der Waals surface area contributed by atoms with Crippen LogP contribution in [0.2, 0.25) is 0 Å². The van der Waals surface area contributed by atoms with E-state index in [1.54, 1.807) is 18.3 Å². The highest BCUT2D eigenvalue weighted by Crippen LogP contribution is 2.38. The van der Waals surface area contributed by atoms with Crippen LogP contribution in [0.15, 0.2) is 66.9 Å². The fourth-order valence-corrected chi connectivity index (χ4v) is 2.95. The molecular formula is C22H22N2O4. The standard InChI is InChI=1S/C22H22N2O4/c1-26-18-13-16(14-19(27-2)21(18)28-3)22(25)24-20(15-9-5-4-6-10-15)17-11-7-8-12-23-17/h4-14,20H,1-3H3,(H,24,25)/t20-/m0/s1. The van der Waals surface area contributed by atoms with Gasteiger partial charge in [-0.15, -0.1) is 0 Å². The molecule has 0 spiro atoms. The highest BCUT2D eigenvalue weighted by atomic mass is 16.5. The lowest BCUT2D eigenvalue weighted by Crippen LogP contribution is -2.30. The number of carbonyl (C=O) groups is 1. The van der Waals surface area contributed by atoms with E-state index < -0.39 is 6.04 Å². The van der Waals surface area contributed by atoms with Gasteiger partial charge in [0.2, 0.25) is 5.75 Å². The van der Waals surface area contributed by atoms with Crippen molar-refractivity contribution in [1.29, 1.82) is 0 Å². The van der Waals surface area contributed by atoms with Crippen LogP contribution in [0.25, 0.3) is 0 Å². The summed E-state index contributed by atoms with van der Waals surface area (Å²) in [4.78, 5) is 17.5. The number of hydrogen-bond donors (Lipinski definition) is 1. The lowest BCUT2D eigenvalue weighted by molar-refractivity contribution is 0.0941. The number of pyridine rings is 1. The first kappa shape index (κ1) is 19.2. The lowest BCUT2D eigenvalue weighted by Gasteiger charge is -2.20. The van der Waals surface area contributed by atoms with Crippen LogP contribution in [0, 0.1) is 0 Å². The maximum atomic E-state index is 13.0.